The van der Waals surface area contributed by atoms with E-state index in [1.165, 1.54) is 0 Å². The SMILES string of the molecule is CC(C)(C)NC(=O)[C@]1(c2cnn(CCc3ccc(Cl)cc3Cl)n2)CC(=O)N1CCC(c1ccccc1)c1ccccc1. The number of rotatable bonds is 10. The number of halogens is 2. The van der Waals surface area contributed by atoms with Crippen LogP contribution in [-0.2, 0) is 28.1 Å². The van der Waals surface area contributed by atoms with E-state index in [2.05, 4.69) is 34.7 Å². The zero-order valence-electron chi connectivity index (χ0n) is 24.1. The molecule has 0 spiro atoms. The molecule has 3 aromatic carbocycles. The molecule has 1 N–H and O–H groups in total. The largest absolute Gasteiger partial charge is 0.349 e. The molecule has 1 fully saturated rings. The van der Waals surface area contributed by atoms with Crippen LogP contribution in [0.2, 0.25) is 10.0 Å². The summed E-state index contributed by atoms with van der Waals surface area (Å²) in [5, 5.41) is 13.5. The van der Waals surface area contributed by atoms with Crippen molar-refractivity contribution in [2.24, 2.45) is 0 Å². The Hall–Kier alpha value is -3.68. The lowest BCUT2D eigenvalue weighted by Crippen LogP contribution is -2.69. The van der Waals surface area contributed by atoms with E-state index in [0.29, 0.717) is 41.7 Å². The van der Waals surface area contributed by atoms with E-state index in [1.807, 2.05) is 63.2 Å². The van der Waals surface area contributed by atoms with Crippen LogP contribution in [0.5, 0.6) is 0 Å². The van der Waals surface area contributed by atoms with Crippen molar-refractivity contribution in [3.8, 4) is 0 Å². The average Bonchev–Trinajstić information content (AvgIpc) is 3.42. The van der Waals surface area contributed by atoms with Crippen molar-refractivity contribution < 1.29 is 9.59 Å². The van der Waals surface area contributed by atoms with Gasteiger partial charge in [-0.3, -0.25) is 9.59 Å². The minimum absolute atomic E-state index is 0.0396. The van der Waals surface area contributed by atoms with Crippen LogP contribution in [0.3, 0.4) is 0 Å². The topological polar surface area (TPSA) is 80.1 Å². The summed E-state index contributed by atoms with van der Waals surface area (Å²) in [7, 11) is 0. The summed E-state index contributed by atoms with van der Waals surface area (Å²) in [5.41, 5.74) is 1.97. The predicted molar refractivity (Wildman–Crippen MR) is 165 cm³/mol. The number of aromatic nitrogens is 3. The number of likely N-dealkylation sites (tertiary alicyclic amines) is 1. The fraction of sp³-hybridized carbons (Fsp3) is 0.333. The lowest BCUT2D eigenvalue weighted by atomic mass is 9.78. The second kappa shape index (κ2) is 12.3. The number of carbonyl (C=O) groups is 2. The van der Waals surface area contributed by atoms with Crippen molar-refractivity contribution in [2.45, 2.75) is 63.6 Å². The van der Waals surface area contributed by atoms with Crippen LogP contribution in [0.25, 0.3) is 0 Å². The Morgan fingerprint density at radius 2 is 1.62 bits per heavy atom. The number of carbonyl (C=O) groups excluding carboxylic acids is 2. The normalized spacial score (nSPS) is 16.9. The monoisotopic (exact) mass is 603 g/mol. The number of nitrogens with one attached hydrogen (secondary N) is 1. The highest BCUT2D eigenvalue weighted by molar-refractivity contribution is 6.35. The predicted octanol–water partition coefficient (Wildman–Crippen LogP) is 6.39. The third-order valence-electron chi connectivity index (χ3n) is 7.63. The van der Waals surface area contributed by atoms with Gasteiger partial charge >= 0.3 is 0 Å². The van der Waals surface area contributed by atoms with Crippen LogP contribution >= 0.6 is 23.2 Å². The molecule has 5 rings (SSSR count). The van der Waals surface area contributed by atoms with Crippen molar-refractivity contribution in [2.75, 3.05) is 6.54 Å². The minimum Gasteiger partial charge on any atom is -0.349 e. The Bertz CT molecular complexity index is 1510. The molecule has 4 aromatic rings. The maximum Gasteiger partial charge on any atom is 0.253 e. The van der Waals surface area contributed by atoms with Gasteiger partial charge in [-0.1, -0.05) is 89.9 Å². The second-order valence-electron chi connectivity index (χ2n) is 11.8. The molecule has 42 heavy (non-hydrogen) atoms. The zero-order valence-corrected chi connectivity index (χ0v) is 25.6. The molecule has 0 bridgehead atoms. The molecule has 1 aliphatic heterocycles. The van der Waals surface area contributed by atoms with E-state index in [9.17, 15) is 9.59 Å². The highest BCUT2D eigenvalue weighted by atomic mass is 35.5. The summed E-state index contributed by atoms with van der Waals surface area (Å²) < 4.78 is 0. The highest BCUT2D eigenvalue weighted by Gasteiger charge is 2.59. The number of aryl methyl sites for hydroxylation is 2. The molecule has 0 unspecified atom stereocenters. The minimum atomic E-state index is -1.24. The zero-order chi connectivity index (χ0) is 29.9. The van der Waals surface area contributed by atoms with Gasteiger partial charge in [0.15, 0.2) is 5.54 Å². The Balaban J connectivity index is 1.42. The van der Waals surface area contributed by atoms with E-state index in [4.69, 9.17) is 28.3 Å². The van der Waals surface area contributed by atoms with Crippen LogP contribution in [0.4, 0.5) is 0 Å². The van der Waals surface area contributed by atoms with Crippen molar-refractivity contribution in [3.63, 3.8) is 0 Å². The number of hydrogen-bond donors (Lipinski definition) is 1. The van der Waals surface area contributed by atoms with Gasteiger partial charge in [0.2, 0.25) is 5.91 Å². The molecule has 2 amide bonds. The average molecular weight is 605 g/mol. The fourth-order valence-corrected chi connectivity index (χ4v) is 6.04. The first kappa shape index (κ1) is 29.8. The summed E-state index contributed by atoms with van der Waals surface area (Å²) in [6.45, 7) is 6.62. The third kappa shape index (κ3) is 6.37. The van der Waals surface area contributed by atoms with Crippen molar-refractivity contribution in [1.29, 1.82) is 0 Å². The summed E-state index contributed by atoms with van der Waals surface area (Å²) in [6.07, 6.45) is 2.88. The number of benzene rings is 3. The Kier molecular flexibility index (Phi) is 8.71. The molecule has 0 saturated carbocycles. The summed E-state index contributed by atoms with van der Waals surface area (Å²) in [5.74, 6) is -0.274. The van der Waals surface area contributed by atoms with Crippen LogP contribution < -0.4 is 5.32 Å². The molecule has 1 saturated heterocycles. The van der Waals surface area contributed by atoms with Gasteiger partial charge in [0.05, 0.1) is 19.2 Å². The van der Waals surface area contributed by atoms with Gasteiger partial charge in [-0.25, -0.2) is 0 Å². The van der Waals surface area contributed by atoms with Gasteiger partial charge in [-0.05, 0) is 62.4 Å². The lowest BCUT2D eigenvalue weighted by Gasteiger charge is -2.50. The Morgan fingerprint density at radius 3 is 2.19 bits per heavy atom. The quantitative estimate of drug-likeness (QED) is 0.213. The van der Waals surface area contributed by atoms with Crippen LogP contribution in [0, 0.1) is 0 Å². The molecule has 9 heteroatoms. The van der Waals surface area contributed by atoms with E-state index in [-0.39, 0.29) is 24.2 Å². The standard InChI is InChI=1S/C33H35Cl2N5O2/c1-32(2,3)37-31(42)33(29-22-36-40(38-29)19-16-25-14-15-26(34)20-28(25)35)21-30(41)39(33)18-17-27(23-10-6-4-7-11-23)24-12-8-5-9-13-24/h4-15,20,22,27H,16-19,21H2,1-3H3,(H,37,42)/t33-/m1/s1. The first-order valence-corrected chi connectivity index (χ1v) is 14.9. The van der Waals surface area contributed by atoms with Crippen molar-refractivity contribution >= 4 is 35.0 Å². The van der Waals surface area contributed by atoms with Gasteiger partial charge in [0, 0.05) is 28.0 Å². The van der Waals surface area contributed by atoms with Gasteiger partial charge in [-0.15, -0.1) is 0 Å². The van der Waals surface area contributed by atoms with E-state index in [1.54, 1.807) is 28.0 Å². The molecule has 1 atom stereocenters. The van der Waals surface area contributed by atoms with Crippen LogP contribution in [-0.4, -0.2) is 43.8 Å². The molecular formula is C33H35Cl2N5O2. The van der Waals surface area contributed by atoms with E-state index >= 15 is 0 Å². The maximum absolute atomic E-state index is 14.0. The molecule has 218 valence electrons. The summed E-state index contributed by atoms with van der Waals surface area (Å²) in [6, 6.07) is 25.9. The third-order valence-corrected chi connectivity index (χ3v) is 8.22. The summed E-state index contributed by atoms with van der Waals surface area (Å²) >= 11 is 12.4. The number of β-lactam (4-membered cyclic amide) rings is 1. The Labute approximate surface area is 256 Å². The molecule has 2 heterocycles. The molecule has 1 aromatic heterocycles. The van der Waals surface area contributed by atoms with Gasteiger partial charge in [-0.2, -0.15) is 15.0 Å². The highest BCUT2D eigenvalue weighted by Crippen LogP contribution is 2.42. The van der Waals surface area contributed by atoms with Crippen molar-refractivity contribution in [1.82, 2.24) is 25.2 Å². The first-order chi connectivity index (χ1) is 20.1. The van der Waals surface area contributed by atoms with Gasteiger partial charge in [0.1, 0.15) is 5.69 Å². The second-order valence-corrected chi connectivity index (χ2v) is 12.6. The van der Waals surface area contributed by atoms with Gasteiger partial charge < -0.3 is 10.2 Å². The van der Waals surface area contributed by atoms with Crippen LogP contribution in [0.1, 0.15) is 61.9 Å². The molecule has 0 aliphatic carbocycles. The van der Waals surface area contributed by atoms with E-state index in [0.717, 1.165) is 16.7 Å². The van der Waals surface area contributed by atoms with Crippen LogP contribution in [0.15, 0.2) is 85.1 Å². The smallest absolute Gasteiger partial charge is 0.253 e. The lowest BCUT2D eigenvalue weighted by molar-refractivity contribution is -0.169. The Morgan fingerprint density at radius 1 is 0.976 bits per heavy atom. The molecular weight excluding hydrogens is 569 g/mol. The maximum atomic E-state index is 14.0. The fourth-order valence-electron chi connectivity index (χ4n) is 5.53. The van der Waals surface area contributed by atoms with E-state index < -0.39 is 11.1 Å². The van der Waals surface area contributed by atoms with Crippen molar-refractivity contribution in [3.05, 3.63) is 117 Å². The molecule has 1 aliphatic rings. The first-order valence-electron chi connectivity index (χ1n) is 14.1. The molecule has 7 nitrogen and oxygen atoms in total. The molecule has 0 radical (unpaired) electrons. The number of hydrogen-bond acceptors (Lipinski definition) is 4. The number of nitrogens with zero attached hydrogens (tertiary/aromatic N) is 4. The number of amides is 2. The van der Waals surface area contributed by atoms with Gasteiger partial charge in [0.25, 0.3) is 5.91 Å². The summed E-state index contributed by atoms with van der Waals surface area (Å²) in [4.78, 5) is 30.4.